The van der Waals surface area contributed by atoms with Crippen LogP contribution in [0, 0.1) is 9.39 Å². The summed E-state index contributed by atoms with van der Waals surface area (Å²) in [6, 6.07) is 12.9. The maximum Gasteiger partial charge on any atom is 0.200 e. The van der Waals surface area contributed by atoms with E-state index in [1.165, 1.54) is 12.1 Å². The largest absolute Gasteiger partial charge is 0.485 e. The number of benzene rings is 2. The zero-order valence-electron chi connectivity index (χ0n) is 9.40. The van der Waals surface area contributed by atoms with Crippen molar-refractivity contribution in [3.8, 4) is 5.75 Å². The molecule has 2 nitrogen and oxygen atoms in total. The lowest BCUT2D eigenvalue weighted by molar-refractivity contribution is 0.0921. The molecule has 0 radical (unpaired) electrons. The highest BCUT2D eigenvalue weighted by atomic mass is 127. The molecule has 2 aromatic rings. The van der Waals surface area contributed by atoms with Gasteiger partial charge in [-0.15, -0.1) is 0 Å². The van der Waals surface area contributed by atoms with Crippen molar-refractivity contribution >= 4 is 28.4 Å². The summed E-state index contributed by atoms with van der Waals surface area (Å²) in [6.45, 7) is -0.0932. The molecule has 0 amide bonds. The van der Waals surface area contributed by atoms with Crippen LogP contribution in [0.2, 0.25) is 0 Å². The van der Waals surface area contributed by atoms with E-state index < -0.39 is 0 Å². The second-order valence-electron chi connectivity index (χ2n) is 3.68. The van der Waals surface area contributed by atoms with Crippen LogP contribution in [-0.2, 0) is 0 Å². The molecule has 18 heavy (non-hydrogen) atoms. The Balaban J connectivity index is 1.98. The van der Waals surface area contributed by atoms with Crippen molar-refractivity contribution in [1.29, 1.82) is 0 Å². The molecule has 4 heteroatoms. The summed E-state index contributed by atoms with van der Waals surface area (Å²) >= 11 is 2.17. The molecular formula is C14H10FIO2. The van der Waals surface area contributed by atoms with Crippen LogP contribution in [0.25, 0.3) is 0 Å². The molecule has 0 aliphatic carbocycles. The van der Waals surface area contributed by atoms with Gasteiger partial charge >= 0.3 is 0 Å². The molecule has 0 aliphatic heterocycles. The molecule has 0 N–H and O–H groups in total. The zero-order chi connectivity index (χ0) is 13.0. The first kappa shape index (κ1) is 13.0. The number of ether oxygens (including phenoxy) is 1. The molecule has 0 bridgehead atoms. The number of Topliss-reactive ketones (excluding diaryl/α,β-unsaturated/α-hetero) is 1. The first-order valence-corrected chi connectivity index (χ1v) is 6.40. The molecular weight excluding hydrogens is 346 g/mol. The third-order valence-corrected chi connectivity index (χ3v) is 3.05. The monoisotopic (exact) mass is 356 g/mol. The molecule has 0 spiro atoms. The van der Waals surface area contributed by atoms with Crippen molar-refractivity contribution < 1.29 is 13.9 Å². The summed E-state index contributed by atoms with van der Waals surface area (Å²) < 4.78 is 19.2. The van der Waals surface area contributed by atoms with Gasteiger partial charge in [-0.2, -0.15) is 0 Å². The normalized spacial score (nSPS) is 10.1. The SMILES string of the molecule is O=C(COc1cccc(F)c1)c1ccc(I)cc1. The second kappa shape index (κ2) is 5.95. The van der Waals surface area contributed by atoms with E-state index >= 15 is 0 Å². The van der Waals surface area contributed by atoms with E-state index in [4.69, 9.17) is 4.74 Å². The quantitative estimate of drug-likeness (QED) is 0.617. The van der Waals surface area contributed by atoms with Gasteiger partial charge in [0.25, 0.3) is 0 Å². The van der Waals surface area contributed by atoms with Crippen LogP contribution in [0.4, 0.5) is 4.39 Å². The van der Waals surface area contributed by atoms with Gasteiger partial charge in [-0.3, -0.25) is 4.79 Å². The summed E-state index contributed by atoms with van der Waals surface area (Å²) in [5.74, 6) is -0.154. The Morgan fingerprint density at radius 2 is 1.89 bits per heavy atom. The Labute approximate surface area is 118 Å². The van der Waals surface area contributed by atoms with E-state index in [2.05, 4.69) is 22.6 Å². The fraction of sp³-hybridized carbons (Fsp3) is 0.0714. The lowest BCUT2D eigenvalue weighted by Gasteiger charge is -2.05. The van der Waals surface area contributed by atoms with Gasteiger partial charge in [-0.1, -0.05) is 18.2 Å². The van der Waals surface area contributed by atoms with Gasteiger partial charge in [0.05, 0.1) is 0 Å². The molecule has 0 fully saturated rings. The number of ketones is 1. The van der Waals surface area contributed by atoms with E-state index in [9.17, 15) is 9.18 Å². The Morgan fingerprint density at radius 1 is 1.17 bits per heavy atom. The minimum absolute atomic E-state index is 0.0932. The number of halogens is 2. The minimum atomic E-state index is -0.380. The second-order valence-corrected chi connectivity index (χ2v) is 4.92. The average molecular weight is 356 g/mol. The van der Waals surface area contributed by atoms with Crippen molar-refractivity contribution in [3.05, 3.63) is 63.5 Å². The molecule has 0 unspecified atom stereocenters. The molecule has 0 saturated carbocycles. The smallest absolute Gasteiger partial charge is 0.200 e. The highest BCUT2D eigenvalue weighted by molar-refractivity contribution is 14.1. The van der Waals surface area contributed by atoms with Crippen LogP contribution in [-0.4, -0.2) is 12.4 Å². The number of carbonyl (C=O) groups is 1. The summed E-state index contributed by atoms with van der Waals surface area (Å²) in [5.41, 5.74) is 0.590. The molecule has 0 aliphatic rings. The zero-order valence-corrected chi connectivity index (χ0v) is 11.6. The summed E-state index contributed by atoms with van der Waals surface area (Å²) in [7, 11) is 0. The highest BCUT2D eigenvalue weighted by Crippen LogP contribution is 2.13. The number of carbonyl (C=O) groups excluding carboxylic acids is 1. The van der Waals surface area contributed by atoms with E-state index in [1.807, 2.05) is 12.1 Å². The number of hydrogen-bond donors (Lipinski definition) is 0. The van der Waals surface area contributed by atoms with E-state index in [1.54, 1.807) is 24.3 Å². The third-order valence-electron chi connectivity index (χ3n) is 2.33. The minimum Gasteiger partial charge on any atom is -0.485 e. The Hall–Kier alpha value is -1.43. The maximum absolute atomic E-state index is 12.9. The van der Waals surface area contributed by atoms with Gasteiger partial charge in [-0.25, -0.2) is 4.39 Å². The predicted octanol–water partition coefficient (Wildman–Crippen LogP) is 3.69. The molecule has 92 valence electrons. The Bertz CT molecular complexity index is 552. The third kappa shape index (κ3) is 3.53. The maximum atomic E-state index is 12.9. The van der Waals surface area contributed by atoms with Crippen molar-refractivity contribution in [1.82, 2.24) is 0 Å². The predicted molar refractivity (Wildman–Crippen MR) is 75.4 cm³/mol. The molecule has 0 aromatic heterocycles. The highest BCUT2D eigenvalue weighted by Gasteiger charge is 2.06. The van der Waals surface area contributed by atoms with Crippen LogP contribution in [0.3, 0.4) is 0 Å². The van der Waals surface area contributed by atoms with Gasteiger partial charge in [0.2, 0.25) is 0 Å². The summed E-state index contributed by atoms with van der Waals surface area (Å²) in [4.78, 5) is 11.8. The van der Waals surface area contributed by atoms with Crippen LogP contribution in [0.1, 0.15) is 10.4 Å². The molecule has 0 saturated heterocycles. The van der Waals surface area contributed by atoms with Crippen molar-refractivity contribution in [2.45, 2.75) is 0 Å². The fourth-order valence-corrected chi connectivity index (χ4v) is 1.78. The van der Waals surface area contributed by atoms with E-state index in [-0.39, 0.29) is 18.2 Å². The van der Waals surface area contributed by atoms with Crippen LogP contribution in [0.15, 0.2) is 48.5 Å². The van der Waals surface area contributed by atoms with Crippen molar-refractivity contribution in [2.24, 2.45) is 0 Å². The molecule has 2 aromatic carbocycles. The molecule has 0 atom stereocenters. The topological polar surface area (TPSA) is 26.3 Å². The number of rotatable bonds is 4. The first-order chi connectivity index (χ1) is 8.65. The molecule has 2 rings (SSSR count). The van der Waals surface area contributed by atoms with Crippen LogP contribution >= 0.6 is 22.6 Å². The Kier molecular flexibility index (Phi) is 4.30. The Morgan fingerprint density at radius 3 is 2.56 bits per heavy atom. The van der Waals surface area contributed by atoms with Crippen LogP contribution < -0.4 is 4.74 Å². The average Bonchev–Trinajstić information content (AvgIpc) is 2.37. The summed E-state index contributed by atoms with van der Waals surface area (Å²) in [5, 5.41) is 0. The van der Waals surface area contributed by atoms with Gasteiger partial charge in [0, 0.05) is 15.2 Å². The van der Waals surface area contributed by atoms with E-state index in [0.29, 0.717) is 11.3 Å². The lowest BCUT2D eigenvalue weighted by Crippen LogP contribution is -2.11. The number of hydrogen-bond acceptors (Lipinski definition) is 2. The standard InChI is InChI=1S/C14H10FIO2/c15-11-2-1-3-13(8-11)18-9-14(17)10-4-6-12(16)7-5-10/h1-8H,9H2. The molecule has 0 heterocycles. The van der Waals surface area contributed by atoms with Crippen molar-refractivity contribution in [2.75, 3.05) is 6.61 Å². The van der Waals surface area contributed by atoms with Gasteiger partial charge < -0.3 is 4.74 Å². The fourth-order valence-electron chi connectivity index (χ4n) is 1.42. The summed E-state index contributed by atoms with van der Waals surface area (Å²) in [6.07, 6.45) is 0. The van der Waals surface area contributed by atoms with Gasteiger partial charge in [0.1, 0.15) is 11.6 Å². The van der Waals surface area contributed by atoms with Crippen molar-refractivity contribution in [3.63, 3.8) is 0 Å². The van der Waals surface area contributed by atoms with Gasteiger partial charge in [0.15, 0.2) is 12.4 Å². The van der Waals surface area contributed by atoms with Gasteiger partial charge in [-0.05, 0) is 46.9 Å². The lowest BCUT2D eigenvalue weighted by atomic mass is 10.1. The van der Waals surface area contributed by atoms with Crippen LogP contribution in [0.5, 0.6) is 5.75 Å². The van der Waals surface area contributed by atoms with E-state index in [0.717, 1.165) is 3.57 Å². The first-order valence-electron chi connectivity index (χ1n) is 5.32.